The summed E-state index contributed by atoms with van der Waals surface area (Å²) in [6.45, 7) is 3.78. The lowest BCUT2D eigenvalue weighted by molar-refractivity contribution is -0.384. The second-order valence-electron chi connectivity index (χ2n) is 10.1. The predicted molar refractivity (Wildman–Crippen MR) is 158 cm³/mol. The zero-order chi connectivity index (χ0) is 28.6. The molecule has 0 amide bonds. The van der Waals surface area contributed by atoms with Crippen molar-refractivity contribution in [3.63, 3.8) is 0 Å². The Morgan fingerprint density at radius 2 is 1.24 bits per heavy atom. The van der Waals surface area contributed by atoms with Gasteiger partial charge in [0.05, 0.1) is 25.3 Å². The number of ether oxygens (including phenoxy) is 3. The summed E-state index contributed by atoms with van der Waals surface area (Å²) in [6.07, 6.45) is 1.04. The Balaban J connectivity index is 1.43. The van der Waals surface area contributed by atoms with E-state index >= 15 is 0 Å². The Bertz CT molecular complexity index is 1370. The van der Waals surface area contributed by atoms with Gasteiger partial charge in [0.1, 0.15) is 23.9 Å². The molecule has 8 nitrogen and oxygen atoms in total. The first-order valence-electron chi connectivity index (χ1n) is 13.7. The number of nitro benzene ring substituents is 1. The predicted octanol–water partition coefficient (Wildman–Crippen LogP) is 6.60. The smallest absolute Gasteiger partial charge is 0.269 e. The van der Waals surface area contributed by atoms with Gasteiger partial charge in [-0.05, 0) is 65.6 Å². The summed E-state index contributed by atoms with van der Waals surface area (Å²) in [5, 5.41) is 11.1. The van der Waals surface area contributed by atoms with Crippen molar-refractivity contribution in [1.82, 2.24) is 9.80 Å². The number of nitro groups is 1. The van der Waals surface area contributed by atoms with E-state index in [-0.39, 0.29) is 11.9 Å². The van der Waals surface area contributed by atoms with Crippen molar-refractivity contribution in [2.45, 2.75) is 32.3 Å². The van der Waals surface area contributed by atoms with Gasteiger partial charge in [-0.15, -0.1) is 0 Å². The molecule has 41 heavy (non-hydrogen) atoms. The summed E-state index contributed by atoms with van der Waals surface area (Å²) in [7, 11) is 3.36. The zero-order valence-corrected chi connectivity index (χ0v) is 23.4. The number of para-hydroxylation sites is 1. The van der Waals surface area contributed by atoms with Crippen molar-refractivity contribution in [1.29, 1.82) is 0 Å². The van der Waals surface area contributed by atoms with Gasteiger partial charge in [0.25, 0.3) is 5.69 Å². The molecule has 4 aromatic rings. The molecule has 1 aliphatic heterocycles. The molecule has 0 saturated carbocycles. The topological polar surface area (TPSA) is 77.3 Å². The minimum Gasteiger partial charge on any atom is -0.497 e. The fourth-order valence-corrected chi connectivity index (χ4v) is 5.31. The molecule has 8 heteroatoms. The van der Waals surface area contributed by atoms with Gasteiger partial charge in [-0.25, -0.2) is 0 Å². The second kappa shape index (κ2) is 13.3. The molecule has 0 spiro atoms. The maximum Gasteiger partial charge on any atom is 0.269 e. The van der Waals surface area contributed by atoms with E-state index in [1.54, 1.807) is 26.4 Å². The van der Waals surface area contributed by atoms with Gasteiger partial charge in [0, 0.05) is 43.9 Å². The highest BCUT2D eigenvalue weighted by atomic mass is 16.6. The van der Waals surface area contributed by atoms with E-state index in [2.05, 4.69) is 46.2 Å². The maximum absolute atomic E-state index is 11.1. The zero-order valence-electron chi connectivity index (χ0n) is 23.4. The fraction of sp³-hybridized carbons (Fsp3) is 0.273. The third kappa shape index (κ3) is 7.03. The van der Waals surface area contributed by atoms with Gasteiger partial charge in [-0.1, -0.05) is 42.5 Å². The third-order valence-electron chi connectivity index (χ3n) is 7.41. The first-order valence-corrected chi connectivity index (χ1v) is 13.7. The summed E-state index contributed by atoms with van der Waals surface area (Å²) >= 11 is 0. The molecule has 1 saturated heterocycles. The Morgan fingerprint density at radius 3 is 1.76 bits per heavy atom. The standard InChI is InChI=1S/C33H35N3O5/c1-39-29-16-10-25(11-17-29)22-34-20-5-21-35(23-26-12-18-30(40-2)19-13-26)33(34)31-6-3-4-7-32(31)41-24-27-8-14-28(15-9-27)36(37)38/h3-4,6-19,33H,5,20-24H2,1-2H3. The molecule has 0 atom stereocenters. The molecule has 0 N–H and O–H groups in total. The number of methoxy groups -OCH3 is 2. The maximum atomic E-state index is 11.1. The van der Waals surface area contributed by atoms with Crippen molar-refractivity contribution in [2.24, 2.45) is 0 Å². The highest BCUT2D eigenvalue weighted by Crippen LogP contribution is 2.37. The lowest BCUT2D eigenvalue weighted by Crippen LogP contribution is -2.47. The number of non-ortho nitro benzene ring substituents is 1. The largest absolute Gasteiger partial charge is 0.497 e. The highest BCUT2D eigenvalue weighted by molar-refractivity contribution is 5.38. The van der Waals surface area contributed by atoms with Crippen LogP contribution in [0.2, 0.25) is 0 Å². The quantitative estimate of drug-likeness (QED) is 0.153. The average Bonchev–Trinajstić information content (AvgIpc) is 3.01. The average molecular weight is 554 g/mol. The molecule has 5 rings (SSSR count). The van der Waals surface area contributed by atoms with Crippen LogP contribution in [-0.4, -0.2) is 42.0 Å². The number of rotatable bonds is 11. The van der Waals surface area contributed by atoms with Gasteiger partial charge >= 0.3 is 0 Å². The molecule has 0 radical (unpaired) electrons. The van der Waals surface area contributed by atoms with Crippen LogP contribution in [0, 0.1) is 10.1 Å². The van der Waals surface area contributed by atoms with Crippen LogP contribution in [0.1, 0.15) is 34.8 Å². The van der Waals surface area contributed by atoms with E-state index in [9.17, 15) is 10.1 Å². The molecule has 0 aliphatic carbocycles. The molecular weight excluding hydrogens is 518 g/mol. The summed E-state index contributed by atoms with van der Waals surface area (Å²) in [4.78, 5) is 15.7. The van der Waals surface area contributed by atoms with E-state index in [4.69, 9.17) is 14.2 Å². The minimum absolute atomic E-state index is 0.0129. The fourth-order valence-electron chi connectivity index (χ4n) is 5.31. The van der Waals surface area contributed by atoms with Crippen LogP contribution in [0.4, 0.5) is 5.69 Å². The Morgan fingerprint density at radius 1 is 0.732 bits per heavy atom. The van der Waals surface area contributed by atoms with Crippen LogP contribution in [0.25, 0.3) is 0 Å². The monoisotopic (exact) mass is 553 g/mol. The van der Waals surface area contributed by atoms with Crippen molar-refractivity contribution in [3.8, 4) is 17.2 Å². The van der Waals surface area contributed by atoms with E-state index in [0.29, 0.717) is 6.61 Å². The number of hydrogen-bond donors (Lipinski definition) is 0. The van der Waals surface area contributed by atoms with Crippen LogP contribution in [0.3, 0.4) is 0 Å². The molecule has 0 unspecified atom stereocenters. The summed E-state index contributed by atoms with van der Waals surface area (Å²) in [5.41, 5.74) is 4.47. The number of nitrogens with zero attached hydrogens (tertiary/aromatic N) is 3. The number of hydrogen-bond acceptors (Lipinski definition) is 7. The minimum atomic E-state index is -0.391. The van der Waals surface area contributed by atoms with Crippen LogP contribution in [0.15, 0.2) is 97.1 Å². The second-order valence-corrected chi connectivity index (χ2v) is 10.1. The van der Waals surface area contributed by atoms with Crippen molar-refractivity contribution >= 4 is 5.69 Å². The lowest BCUT2D eigenvalue weighted by Gasteiger charge is -2.45. The Kier molecular flexibility index (Phi) is 9.13. The molecule has 1 aliphatic rings. The van der Waals surface area contributed by atoms with Gasteiger partial charge in [-0.3, -0.25) is 19.9 Å². The van der Waals surface area contributed by atoms with E-state index in [1.807, 2.05) is 36.4 Å². The molecule has 1 fully saturated rings. The van der Waals surface area contributed by atoms with Crippen LogP contribution in [-0.2, 0) is 19.7 Å². The first kappa shape index (κ1) is 28.1. The first-order chi connectivity index (χ1) is 20.0. The molecule has 212 valence electrons. The third-order valence-corrected chi connectivity index (χ3v) is 7.41. The Labute approximate surface area is 240 Å². The van der Waals surface area contributed by atoms with Crippen molar-refractivity contribution in [3.05, 3.63) is 129 Å². The Hall–Kier alpha value is -4.40. The van der Waals surface area contributed by atoms with Crippen LogP contribution in [0.5, 0.6) is 17.2 Å². The lowest BCUT2D eigenvalue weighted by atomic mass is 10.0. The molecule has 0 aromatic heterocycles. The normalized spacial score (nSPS) is 14.5. The summed E-state index contributed by atoms with van der Waals surface area (Å²) in [6, 6.07) is 31.2. The van der Waals surface area contributed by atoms with Crippen LogP contribution < -0.4 is 14.2 Å². The molecular formula is C33H35N3O5. The summed E-state index contributed by atoms with van der Waals surface area (Å²) < 4.78 is 17.1. The van der Waals surface area contributed by atoms with E-state index in [0.717, 1.165) is 61.0 Å². The molecule has 4 aromatic carbocycles. The van der Waals surface area contributed by atoms with Crippen LogP contribution >= 0.6 is 0 Å². The molecule has 0 bridgehead atoms. The summed E-state index contributed by atoms with van der Waals surface area (Å²) in [5.74, 6) is 2.49. The molecule has 1 heterocycles. The van der Waals surface area contributed by atoms with Gasteiger partial charge in [0.2, 0.25) is 0 Å². The van der Waals surface area contributed by atoms with Gasteiger partial charge in [0.15, 0.2) is 0 Å². The SMILES string of the molecule is COc1ccc(CN2CCCN(Cc3ccc(OC)cc3)C2c2ccccc2OCc2ccc([N+](=O)[O-])cc2)cc1. The van der Waals surface area contributed by atoms with Gasteiger partial charge < -0.3 is 14.2 Å². The van der Waals surface area contributed by atoms with Crippen molar-refractivity contribution in [2.75, 3.05) is 27.3 Å². The van der Waals surface area contributed by atoms with E-state index < -0.39 is 4.92 Å². The van der Waals surface area contributed by atoms with Crippen molar-refractivity contribution < 1.29 is 19.1 Å². The number of benzene rings is 4. The van der Waals surface area contributed by atoms with Gasteiger partial charge in [-0.2, -0.15) is 0 Å². The van der Waals surface area contributed by atoms with E-state index in [1.165, 1.54) is 23.3 Å². The highest BCUT2D eigenvalue weighted by Gasteiger charge is 2.32.